The molecule has 0 saturated carbocycles. The molecule has 0 aliphatic carbocycles. The van der Waals surface area contributed by atoms with Crippen molar-refractivity contribution in [2.75, 3.05) is 7.11 Å². The van der Waals surface area contributed by atoms with E-state index in [0.29, 0.717) is 0 Å². The topological polar surface area (TPSA) is 72.5 Å². The quantitative estimate of drug-likeness (QED) is 0.621. The number of halogens is 1. The Morgan fingerprint density at radius 1 is 1.50 bits per heavy atom. The minimum atomic E-state index is -0.931. The normalized spacial score (nSPS) is 14.8. The first kappa shape index (κ1) is 14.2. The Morgan fingerprint density at radius 3 is 2.17 bits per heavy atom. The summed E-state index contributed by atoms with van der Waals surface area (Å²) in [6.45, 7) is 3.57. The predicted octanol–water partition coefficient (Wildman–Crippen LogP) is -0.0746. The largest absolute Gasteiger partial charge is 0.468 e. The summed E-state index contributed by atoms with van der Waals surface area (Å²) in [5.41, 5.74) is 5.35. The van der Waals surface area contributed by atoms with Gasteiger partial charge < -0.3 is 15.6 Å². The lowest BCUT2D eigenvalue weighted by atomic mass is 10.0. The van der Waals surface area contributed by atoms with Crippen LogP contribution < -0.4 is 5.73 Å². The molecule has 0 rings (SSSR count). The van der Waals surface area contributed by atoms with Gasteiger partial charge in [-0.3, -0.25) is 4.79 Å². The zero-order valence-electron chi connectivity index (χ0n) is 7.48. The van der Waals surface area contributed by atoms with Gasteiger partial charge >= 0.3 is 5.97 Å². The molecule has 0 aliphatic heterocycles. The highest BCUT2D eigenvalue weighted by molar-refractivity contribution is 5.85. The van der Waals surface area contributed by atoms with E-state index in [2.05, 4.69) is 4.74 Å². The lowest BCUT2D eigenvalue weighted by molar-refractivity contribution is -0.145. The Hall–Kier alpha value is -0.320. The number of ether oxygens (including phenoxy) is 1. The average Bonchev–Trinajstić information content (AvgIpc) is 2.00. The molecule has 3 N–H and O–H groups in total. The van der Waals surface area contributed by atoms with Crippen LogP contribution in [0.4, 0.5) is 0 Å². The van der Waals surface area contributed by atoms with Crippen molar-refractivity contribution >= 4 is 18.4 Å². The van der Waals surface area contributed by atoms with Crippen molar-refractivity contribution in [3.05, 3.63) is 0 Å². The second-order valence-electron chi connectivity index (χ2n) is 2.78. The third kappa shape index (κ3) is 3.90. The van der Waals surface area contributed by atoms with Gasteiger partial charge in [0.25, 0.3) is 0 Å². The van der Waals surface area contributed by atoms with Crippen molar-refractivity contribution in [1.29, 1.82) is 0 Å². The summed E-state index contributed by atoms with van der Waals surface area (Å²) in [6, 6.07) is -0.931. The zero-order chi connectivity index (χ0) is 9.02. The molecule has 0 saturated heterocycles. The Morgan fingerprint density at radius 2 is 1.92 bits per heavy atom. The fraction of sp³-hybridized carbons (Fsp3) is 0.857. The number of aliphatic hydroxyl groups excluding tert-OH is 1. The molecular weight excluding hydrogens is 182 g/mol. The first-order valence-electron chi connectivity index (χ1n) is 3.52. The minimum absolute atomic E-state index is 0. The van der Waals surface area contributed by atoms with E-state index in [0.717, 1.165) is 0 Å². The van der Waals surface area contributed by atoms with Crippen molar-refractivity contribution in [1.82, 2.24) is 0 Å². The molecule has 74 valence electrons. The smallest absolute Gasteiger partial charge is 0.325 e. The van der Waals surface area contributed by atoms with Crippen LogP contribution in [-0.2, 0) is 9.53 Å². The third-order valence-electron chi connectivity index (χ3n) is 1.52. The van der Waals surface area contributed by atoms with Gasteiger partial charge in [0.05, 0.1) is 13.2 Å². The fourth-order valence-electron chi connectivity index (χ4n) is 0.690. The maximum absolute atomic E-state index is 10.8. The van der Waals surface area contributed by atoms with Crippen LogP contribution in [0.5, 0.6) is 0 Å². The number of rotatable bonds is 3. The number of esters is 1. The molecule has 0 aliphatic rings. The monoisotopic (exact) mass is 197 g/mol. The molecule has 0 radical (unpaired) electrons. The van der Waals surface area contributed by atoms with E-state index in [1.54, 1.807) is 13.8 Å². The summed E-state index contributed by atoms with van der Waals surface area (Å²) in [5, 5.41) is 9.27. The van der Waals surface area contributed by atoms with Crippen LogP contribution in [0.3, 0.4) is 0 Å². The van der Waals surface area contributed by atoms with E-state index in [1.165, 1.54) is 7.11 Å². The summed E-state index contributed by atoms with van der Waals surface area (Å²) in [5.74, 6) is -0.615. The number of aliphatic hydroxyl groups is 1. The van der Waals surface area contributed by atoms with E-state index in [1.807, 2.05) is 0 Å². The second kappa shape index (κ2) is 6.22. The molecule has 0 aromatic heterocycles. The van der Waals surface area contributed by atoms with Crippen LogP contribution in [0, 0.1) is 5.92 Å². The third-order valence-corrected chi connectivity index (χ3v) is 1.52. The maximum atomic E-state index is 10.8. The van der Waals surface area contributed by atoms with Crippen LogP contribution in [0.2, 0.25) is 0 Å². The van der Waals surface area contributed by atoms with Gasteiger partial charge in [-0.1, -0.05) is 13.8 Å². The number of hydrogen-bond donors (Lipinski definition) is 2. The van der Waals surface area contributed by atoms with Crippen molar-refractivity contribution in [3.8, 4) is 0 Å². The number of nitrogens with two attached hydrogens (primary N) is 1. The van der Waals surface area contributed by atoms with Gasteiger partial charge in [0.2, 0.25) is 0 Å². The molecule has 4 nitrogen and oxygen atoms in total. The van der Waals surface area contributed by atoms with Gasteiger partial charge in [0.15, 0.2) is 0 Å². The van der Waals surface area contributed by atoms with Gasteiger partial charge in [-0.25, -0.2) is 0 Å². The van der Waals surface area contributed by atoms with Gasteiger partial charge in [-0.2, -0.15) is 0 Å². The summed E-state index contributed by atoms with van der Waals surface area (Å²) in [6.07, 6.45) is -0.831. The number of carbonyl (C=O) groups is 1. The molecule has 5 heteroatoms. The Kier molecular flexibility index (Phi) is 7.37. The minimum Gasteiger partial charge on any atom is -0.468 e. The molecule has 0 amide bonds. The molecule has 2 atom stereocenters. The summed E-state index contributed by atoms with van der Waals surface area (Å²) < 4.78 is 4.36. The fourth-order valence-corrected chi connectivity index (χ4v) is 0.690. The SMILES string of the molecule is COC(=O)C(N)C(O)C(C)C.Cl. The van der Waals surface area contributed by atoms with Crippen LogP contribution in [0.25, 0.3) is 0 Å². The predicted molar refractivity (Wildman–Crippen MR) is 48.1 cm³/mol. The maximum Gasteiger partial charge on any atom is 0.325 e. The number of hydrogen-bond acceptors (Lipinski definition) is 4. The molecule has 0 heterocycles. The molecule has 2 unspecified atom stereocenters. The average molecular weight is 198 g/mol. The lowest BCUT2D eigenvalue weighted by Gasteiger charge is -2.19. The van der Waals surface area contributed by atoms with Crippen LogP contribution in [0.1, 0.15) is 13.8 Å². The zero-order valence-corrected chi connectivity index (χ0v) is 8.30. The van der Waals surface area contributed by atoms with E-state index >= 15 is 0 Å². The Balaban J connectivity index is 0. The van der Waals surface area contributed by atoms with Crippen LogP contribution in [0.15, 0.2) is 0 Å². The molecule has 0 bridgehead atoms. The molecule has 0 spiro atoms. The summed E-state index contributed by atoms with van der Waals surface area (Å²) in [4.78, 5) is 10.8. The summed E-state index contributed by atoms with van der Waals surface area (Å²) >= 11 is 0. The molecule has 12 heavy (non-hydrogen) atoms. The van der Waals surface area contributed by atoms with Crippen molar-refractivity contribution in [2.45, 2.75) is 26.0 Å². The van der Waals surface area contributed by atoms with Crippen molar-refractivity contribution < 1.29 is 14.6 Å². The highest BCUT2D eigenvalue weighted by Gasteiger charge is 2.25. The van der Waals surface area contributed by atoms with Gasteiger partial charge in [0.1, 0.15) is 6.04 Å². The van der Waals surface area contributed by atoms with Gasteiger partial charge in [-0.15, -0.1) is 12.4 Å². The number of methoxy groups -OCH3 is 1. The van der Waals surface area contributed by atoms with E-state index in [4.69, 9.17) is 5.73 Å². The molecule has 0 aromatic carbocycles. The van der Waals surface area contributed by atoms with E-state index < -0.39 is 18.1 Å². The highest BCUT2D eigenvalue weighted by Crippen LogP contribution is 2.05. The second-order valence-corrected chi connectivity index (χ2v) is 2.78. The number of carbonyl (C=O) groups excluding carboxylic acids is 1. The van der Waals surface area contributed by atoms with Crippen LogP contribution >= 0.6 is 12.4 Å². The standard InChI is InChI=1S/C7H15NO3.ClH/c1-4(2)6(9)5(8)7(10)11-3;/h4-6,9H,8H2,1-3H3;1H. The Labute approximate surface area is 78.5 Å². The van der Waals surface area contributed by atoms with Crippen LogP contribution in [-0.4, -0.2) is 30.3 Å². The van der Waals surface area contributed by atoms with Crippen molar-refractivity contribution in [3.63, 3.8) is 0 Å². The lowest BCUT2D eigenvalue weighted by Crippen LogP contribution is -2.45. The first-order chi connectivity index (χ1) is 5.00. The highest BCUT2D eigenvalue weighted by atomic mass is 35.5. The molecule has 0 fully saturated rings. The molecule has 0 aromatic rings. The van der Waals surface area contributed by atoms with Gasteiger partial charge in [-0.05, 0) is 5.92 Å². The van der Waals surface area contributed by atoms with Crippen molar-refractivity contribution in [2.24, 2.45) is 11.7 Å². The molecular formula is C7H16ClNO3. The first-order valence-corrected chi connectivity index (χ1v) is 3.52. The Bertz CT molecular complexity index is 141. The summed E-state index contributed by atoms with van der Waals surface area (Å²) in [7, 11) is 1.25. The van der Waals surface area contributed by atoms with Gasteiger partial charge in [0, 0.05) is 0 Å². The van der Waals surface area contributed by atoms with E-state index in [-0.39, 0.29) is 18.3 Å². The van der Waals surface area contributed by atoms with E-state index in [9.17, 15) is 9.90 Å².